The van der Waals surface area contributed by atoms with Crippen LogP contribution in [0, 0.1) is 0 Å². The Kier molecular flexibility index (Phi) is 3.56. The van der Waals surface area contributed by atoms with Gasteiger partial charge in [0.05, 0.1) is 18.4 Å². The number of nitrogens with one attached hydrogen (secondary N) is 2. The van der Waals surface area contributed by atoms with Crippen LogP contribution in [-0.4, -0.2) is 24.7 Å². The molecule has 0 saturated carbocycles. The molecule has 3 rings (SSSR count). The third-order valence-corrected chi connectivity index (χ3v) is 3.19. The fourth-order valence-electron chi connectivity index (χ4n) is 2.08. The molecule has 0 fully saturated rings. The van der Waals surface area contributed by atoms with Gasteiger partial charge in [-0.05, 0) is 12.1 Å². The smallest absolute Gasteiger partial charge is 0.122 e. The van der Waals surface area contributed by atoms with Gasteiger partial charge in [0.2, 0.25) is 0 Å². The van der Waals surface area contributed by atoms with Crippen LogP contribution in [0.2, 0.25) is 0 Å². The van der Waals surface area contributed by atoms with Gasteiger partial charge in [0.15, 0.2) is 0 Å². The third-order valence-electron chi connectivity index (χ3n) is 3.19. The van der Waals surface area contributed by atoms with Gasteiger partial charge in [0, 0.05) is 49.5 Å². The Morgan fingerprint density at radius 2 is 2.20 bits per heavy atom. The Morgan fingerprint density at radius 1 is 1.25 bits per heavy atom. The van der Waals surface area contributed by atoms with Gasteiger partial charge < -0.3 is 9.88 Å². The zero-order chi connectivity index (χ0) is 13.8. The molecular weight excluding hydrogens is 252 g/mol. The number of aromatic amines is 1. The van der Waals surface area contributed by atoms with Crippen molar-refractivity contribution in [3.8, 4) is 11.3 Å². The predicted molar refractivity (Wildman–Crippen MR) is 75.6 cm³/mol. The summed E-state index contributed by atoms with van der Waals surface area (Å²) in [6, 6.07) is 3.93. The van der Waals surface area contributed by atoms with E-state index in [1.54, 1.807) is 12.4 Å². The molecule has 0 aliphatic rings. The van der Waals surface area contributed by atoms with Gasteiger partial charge in [-0.25, -0.2) is 4.98 Å². The summed E-state index contributed by atoms with van der Waals surface area (Å²) >= 11 is 0. The van der Waals surface area contributed by atoms with Crippen LogP contribution in [0.1, 0.15) is 11.4 Å². The maximum atomic E-state index is 4.28. The van der Waals surface area contributed by atoms with Crippen LogP contribution in [0.25, 0.3) is 11.3 Å². The Bertz CT molecular complexity index is 670. The van der Waals surface area contributed by atoms with Gasteiger partial charge in [-0.3, -0.25) is 10.1 Å². The molecule has 0 saturated heterocycles. The number of hydrogen-bond donors (Lipinski definition) is 2. The normalized spacial score (nSPS) is 10.8. The molecule has 20 heavy (non-hydrogen) atoms. The molecular formula is C14H16N6. The van der Waals surface area contributed by atoms with Crippen molar-refractivity contribution >= 4 is 0 Å². The molecule has 3 heterocycles. The van der Waals surface area contributed by atoms with Gasteiger partial charge in [0.25, 0.3) is 0 Å². The summed E-state index contributed by atoms with van der Waals surface area (Å²) < 4.78 is 2.00. The summed E-state index contributed by atoms with van der Waals surface area (Å²) in [5.41, 5.74) is 3.16. The fraction of sp³-hybridized carbons (Fsp3) is 0.214. The number of H-pyrrole nitrogens is 1. The second kappa shape index (κ2) is 5.66. The van der Waals surface area contributed by atoms with Crippen molar-refractivity contribution in [3.05, 3.63) is 54.5 Å². The Hall–Kier alpha value is -2.47. The molecule has 6 nitrogen and oxygen atoms in total. The molecule has 102 valence electrons. The van der Waals surface area contributed by atoms with Crippen molar-refractivity contribution in [2.24, 2.45) is 7.05 Å². The summed E-state index contributed by atoms with van der Waals surface area (Å²) in [6.45, 7) is 1.45. The van der Waals surface area contributed by atoms with Crippen LogP contribution in [0.5, 0.6) is 0 Å². The number of rotatable bonds is 5. The number of pyridine rings is 1. The number of hydrogen-bond acceptors (Lipinski definition) is 4. The number of aromatic nitrogens is 5. The maximum Gasteiger partial charge on any atom is 0.122 e. The van der Waals surface area contributed by atoms with E-state index in [1.165, 1.54) is 0 Å². The highest BCUT2D eigenvalue weighted by Crippen LogP contribution is 2.19. The molecule has 6 heteroatoms. The zero-order valence-electron chi connectivity index (χ0n) is 11.2. The number of aryl methyl sites for hydroxylation is 1. The summed E-state index contributed by atoms with van der Waals surface area (Å²) in [6.07, 6.45) is 9.17. The molecule has 0 spiro atoms. The molecule has 3 aromatic rings. The topological polar surface area (TPSA) is 71.4 Å². The molecule has 0 aromatic carbocycles. The minimum absolute atomic E-state index is 0.723. The molecule has 0 radical (unpaired) electrons. The van der Waals surface area contributed by atoms with E-state index in [2.05, 4.69) is 25.5 Å². The van der Waals surface area contributed by atoms with E-state index in [-0.39, 0.29) is 0 Å². The zero-order valence-corrected chi connectivity index (χ0v) is 11.2. The lowest BCUT2D eigenvalue weighted by Crippen LogP contribution is -2.15. The van der Waals surface area contributed by atoms with E-state index in [9.17, 15) is 0 Å². The highest BCUT2D eigenvalue weighted by atomic mass is 15.1. The van der Waals surface area contributed by atoms with Gasteiger partial charge in [-0.2, -0.15) is 5.10 Å². The van der Waals surface area contributed by atoms with E-state index in [1.807, 2.05) is 42.3 Å². The Balaban J connectivity index is 1.67. The van der Waals surface area contributed by atoms with E-state index < -0.39 is 0 Å². The summed E-state index contributed by atoms with van der Waals surface area (Å²) in [7, 11) is 1.99. The van der Waals surface area contributed by atoms with E-state index in [0.29, 0.717) is 0 Å². The monoisotopic (exact) mass is 268 g/mol. The van der Waals surface area contributed by atoms with E-state index in [4.69, 9.17) is 0 Å². The molecule has 0 unspecified atom stereocenters. The fourth-order valence-corrected chi connectivity index (χ4v) is 2.08. The lowest BCUT2D eigenvalue weighted by Gasteiger charge is -2.06. The first-order valence-corrected chi connectivity index (χ1v) is 6.44. The van der Waals surface area contributed by atoms with Crippen LogP contribution in [0.4, 0.5) is 0 Å². The van der Waals surface area contributed by atoms with Crippen molar-refractivity contribution in [3.63, 3.8) is 0 Å². The standard InChI is InChI=1S/C14H16N6/c1-20-6-5-17-13(20)10-16-8-12-9-18-19-14(12)11-3-2-4-15-7-11/h2-7,9,16H,8,10H2,1H3,(H,18,19). The molecule has 0 atom stereocenters. The van der Waals surface area contributed by atoms with Gasteiger partial charge >= 0.3 is 0 Å². The quantitative estimate of drug-likeness (QED) is 0.735. The van der Waals surface area contributed by atoms with Gasteiger partial charge in [-0.15, -0.1) is 0 Å². The van der Waals surface area contributed by atoms with Gasteiger partial charge in [-0.1, -0.05) is 0 Å². The van der Waals surface area contributed by atoms with Crippen LogP contribution >= 0.6 is 0 Å². The Morgan fingerprint density at radius 3 is 2.95 bits per heavy atom. The van der Waals surface area contributed by atoms with Crippen LogP contribution < -0.4 is 5.32 Å². The first kappa shape index (κ1) is 12.6. The summed E-state index contributed by atoms with van der Waals surface area (Å²) in [5.74, 6) is 1.01. The average Bonchev–Trinajstić information content (AvgIpc) is 3.10. The highest BCUT2D eigenvalue weighted by Gasteiger charge is 2.07. The van der Waals surface area contributed by atoms with Crippen molar-refractivity contribution in [1.82, 2.24) is 30.0 Å². The predicted octanol–water partition coefficient (Wildman–Crippen LogP) is 1.50. The van der Waals surface area contributed by atoms with Crippen LogP contribution in [0.3, 0.4) is 0 Å². The lowest BCUT2D eigenvalue weighted by atomic mass is 10.1. The van der Waals surface area contributed by atoms with Crippen molar-refractivity contribution < 1.29 is 0 Å². The second-order valence-electron chi connectivity index (χ2n) is 4.57. The van der Waals surface area contributed by atoms with E-state index >= 15 is 0 Å². The Labute approximate surface area is 116 Å². The summed E-state index contributed by atoms with van der Waals surface area (Å²) in [5, 5.41) is 10.5. The highest BCUT2D eigenvalue weighted by molar-refractivity contribution is 5.61. The molecule has 2 N–H and O–H groups in total. The minimum atomic E-state index is 0.723. The molecule has 3 aromatic heterocycles. The van der Waals surface area contributed by atoms with E-state index in [0.717, 1.165) is 35.7 Å². The van der Waals surface area contributed by atoms with Crippen molar-refractivity contribution in [1.29, 1.82) is 0 Å². The van der Waals surface area contributed by atoms with Crippen LogP contribution in [-0.2, 0) is 20.1 Å². The molecule has 0 aliphatic heterocycles. The molecule has 0 amide bonds. The van der Waals surface area contributed by atoms with Crippen molar-refractivity contribution in [2.45, 2.75) is 13.1 Å². The molecule has 0 bridgehead atoms. The maximum absolute atomic E-state index is 4.28. The first-order valence-electron chi connectivity index (χ1n) is 6.44. The largest absolute Gasteiger partial charge is 0.337 e. The lowest BCUT2D eigenvalue weighted by molar-refractivity contribution is 0.639. The minimum Gasteiger partial charge on any atom is -0.337 e. The van der Waals surface area contributed by atoms with Crippen LogP contribution in [0.15, 0.2) is 43.1 Å². The third kappa shape index (κ3) is 2.60. The SMILES string of the molecule is Cn1ccnc1CNCc1cn[nH]c1-c1cccnc1. The first-order chi connectivity index (χ1) is 9.84. The molecule has 0 aliphatic carbocycles. The van der Waals surface area contributed by atoms with Crippen molar-refractivity contribution in [2.75, 3.05) is 0 Å². The second-order valence-corrected chi connectivity index (χ2v) is 4.57. The average molecular weight is 268 g/mol. The number of nitrogens with zero attached hydrogens (tertiary/aromatic N) is 4. The summed E-state index contributed by atoms with van der Waals surface area (Å²) in [4.78, 5) is 8.41. The number of imidazole rings is 1. The van der Waals surface area contributed by atoms with Gasteiger partial charge in [0.1, 0.15) is 5.82 Å².